The first-order valence-electron chi connectivity index (χ1n) is 4.77. The highest BCUT2D eigenvalue weighted by Crippen LogP contribution is 2.41. The molecule has 1 fully saturated rings. The molecule has 0 radical (unpaired) electrons. The average Bonchev–Trinajstić information content (AvgIpc) is 2.92. The number of hydrogen-bond donors (Lipinski definition) is 0. The van der Waals surface area contributed by atoms with E-state index in [0.29, 0.717) is 12.5 Å². The molecule has 0 amide bonds. The molecule has 0 spiro atoms. The summed E-state index contributed by atoms with van der Waals surface area (Å²) in [5, 5.41) is 0. The Kier molecular flexibility index (Phi) is 2.17. The highest BCUT2D eigenvalue weighted by atomic mass is 16.5. The first kappa shape index (κ1) is 8.48. The zero-order valence-electron chi connectivity index (χ0n) is 8.08. The Morgan fingerprint density at radius 1 is 1.46 bits per heavy atom. The van der Waals surface area contributed by atoms with Crippen molar-refractivity contribution >= 4 is 0 Å². The van der Waals surface area contributed by atoms with Crippen molar-refractivity contribution in [3.05, 3.63) is 17.6 Å². The molecule has 0 saturated heterocycles. The third kappa shape index (κ3) is 1.64. The van der Waals surface area contributed by atoms with Gasteiger partial charge in [0.05, 0.1) is 12.3 Å². The second-order valence-corrected chi connectivity index (χ2v) is 3.40. The van der Waals surface area contributed by atoms with Crippen molar-refractivity contribution in [1.29, 1.82) is 0 Å². The van der Waals surface area contributed by atoms with Gasteiger partial charge >= 0.3 is 0 Å². The summed E-state index contributed by atoms with van der Waals surface area (Å²) >= 11 is 0. The van der Waals surface area contributed by atoms with Crippen LogP contribution >= 0.6 is 0 Å². The zero-order valence-corrected chi connectivity index (χ0v) is 8.08. The van der Waals surface area contributed by atoms with Crippen LogP contribution in [0.15, 0.2) is 6.33 Å². The maximum Gasteiger partial charge on any atom is 0.219 e. The number of rotatable bonds is 3. The van der Waals surface area contributed by atoms with Crippen LogP contribution in [0.5, 0.6) is 5.88 Å². The lowest BCUT2D eigenvalue weighted by atomic mass is 10.2. The lowest BCUT2D eigenvalue weighted by molar-refractivity contribution is 0.323. The SMILES string of the molecule is CCOc1ncnc(C2CC2)c1C. The van der Waals surface area contributed by atoms with Gasteiger partial charge in [0, 0.05) is 11.5 Å². The summed E-state index contributed by atoms with van der Waals surface area (Å²) in [5.74, 6) is 1.42. The largest absolute Gasteiger partial charge is 0.478 e. The first-order chi connectivity index (χ1) is 6.33. The van der Waals surface area contributed by atoms with E-state index in [1.807, 2.05) is 13.8 Å². The van der Waals surface area contributed by atoms with E-state index in [1.54, 1.807) is 6.33 Å². The minimum absolute atomic E-state index is 0.669. The summed E-state index contributed by atoms with van der Waals surface area (Å²) in [7, 11) is 0. The van der Waals surface area contributed by atoms with Gasteiger partial charge in [0.2, 0.25) is 5.88 Å². The van der Waals surface area contributed by atoms with Gasteiger partial charge in [-0.2, -0.15) is 0 Å². The van der Waals surface area contributed by atoms with Crippen LogP contribution in [-0.2, 0) is 0 Å². The van der Waals surface area contributed by atoms with Gasteiger partial charge in [-0.3, -0.25) is 0 Å². The maximum atomic E-state index is 5.40. The van der Waals surface area contributed by atoms with Crippen LogP contribution in [0, 0.1) is 6.92 Å². The number of nitrogens with zero attached hydrogens (tertiary/aromatic N) is 2. The molecule has 1 saturated carbocycles. The first-order valence-corrected chi connectivity index (χ1v) is 4.77. The molecule has 0 N–H and O–H groups in total. The molecule has 1 heterocycles. The second-order valence-electron chi connectivity index (χ2n) is 3.40. The van der Waals surface area contributed by atoms with Crippen LogP contribution in [0.1, 0.15) is 36.9 Å². The van der Waals surface area contributed by atoms with E-state index < -0.39 is 0 Å². The number of aromatic nitrogens is 2. The maximum absolute atomic E-state index is 5.40. The van der Waals surface area contributed by atoms with Gasteiger partial charge in [0.15, 0.2) is 0 Å². The average molecular weight is 178 g/mol. The Morgan fingerprint density at radius 3 is 2.85 bits per heavy atom. The molecule has 2 rings (SSSR count). The van der Waals surface area contributed by atoms with E-state index in [4.69, 9.17) is 4.74 Å². The minimum atomic E-state index is 0.669. The van der Waals surface area contributed by atoms with Crippen molar-refractivity contribution in [2.75, 3.05) is 6.61 Å². The topological polar surface area (TPSA) is 35.0 Å². The van der Waals surface area contributed by atoms with E-state index in [1.165, 1.54) is 18.5 Å². The summed E-state index contributed by atoms with van der Waals surface area (Å²) in [6.45, 7) is 4.68. The van der Waals surface area contributed by atoms with E-state index in [-0.39, 0.29) is 0 Å². The molecule has 0 aromatic carbocycles. The van der Waals surface area contributed by atoms with Gasteiger partial charge in [-0.25, -0.2) is 9.97 Å². The molecule has 1 aliphatic carbocycles. The quantitative estimate of drug-likeness (QED) is 0.710. The highest BCUT2D eigenvalue weighted by Gasteiger charge is 2.27. The minimum Gasteiger partial charge on any atom is -0.478 e. The molecule has 70 valence electrons. The fourth-order valence-electron chi connectivity index (χ4n) is 1.50. The highest BCUT2D eigenvalue weighted by molar-refractivity contribution is 5.32. The molecular formula is C10H14N2O. The van der Waals surface area contributed by atoms with Crippen molar-refractivity contribution in [2.45, 2.75) is 32.6 Å². The van der Waals surface area contributed by atoms with Crippen LogP contribution in [0.2, 0.25) is 0 Å². The van der Waals surface area contributed by atoms with E-state index in [9.17, 15) is 0 Å². The van der Waals surface area contributed by atoms with Crippen LogP contribution in [0.4, 0.5) is 0 Å². The molecule has 0 bridgehead atoms. The predicted octanol–water partition coefficient (Wildman–Crippen LogP) is 2.06. The fraction of sp³-hybridized carbons (Fsp3) is 0.600. The van der Waals surface area contributed by atoms with Crippen molar-refractivity contribution in [3.63, 3.8) is 0 Å². The van der Waals surface area contributed by atoms with E-state index in [0.717, 1.165) is 11.4 Å². The van der Waals surface area contributed by atoms with Gasteiger partial charge in [0.1, 0.15) is 6.33 Å². The third-order valence-corrected chi connectivity index (χ3v) is 2.32. The van der Waals surface area contributed by atoms with Gasteiger partial charge in [-0.1, -0.05) is 0 Å². The molecule has 3 heteroatoms. The molecule has 0 unspecified atom stereocenters. The van der Waals surface area contributed by atoms with Crippen molar-refractivity contribution in [2.24, 2.45) is 0 Å². The van der Waals surface area contributed by atoms with E-state index in [2.05, 4.69) is 9.97 Å². The van der Waals surface area contributed by atoms with Gasteiger partial charge in [-0.05, 0) is 26.7 Å². The Balaban J connectivity index is 2.30. The molecule has 1 aromatic rings. The summed E-state index contributed by atoms with van der Waals surface area (Å²) in [6.07, 6.45) is 4.14. The van der Waals surface area contributed by atoms with Crippen LogP contribution < -0.4 is 4.74 Å². The van der Waals surface area contributed by atoms with Gasteiger partial charge < -0.3 is 4.74 Å². The summed E-state index contributed by atoms with van der Waals surface area (Å²) in [4.78, 5) is 8.40. The summed E-state index contributed by atoms with van der Waals surface area (Å²) in [6, 6.07) is 0. The Labute approximate surface area is 78.2 Å². The molecule has 1 aliphatic rings. The van der Waals surface area contributed by atoms with Gasteiger partial charge in [0.25, 0.3) is 0 Å². The Morgan fingerprint density at radius 2 is 2.23 bits per heavy atom. The zero-order chi connectivity index (χ0) is 9.26. The van der Waals surface area contributed by atoms with Crippen molar-refractivity contribution in [1.82, 2.24) is 9.97 Å². The molecule has 0 aliphatic heterocycles. The molecule has 1 aromatic heterocycles. The number of ether oxygens (including phenoxy) is 1. The Hall–Kier alpha value is -1.12. The predicted molar refractivity (Wildman–Crippen MR) is 49.9 cm³/mol. The van der Waals surface area contributed by atoms with Crippen LogP contribution in [-0.4, -0.2) is 16.6 Å². The van der Waals surface area contributed by atoms with Crippen molar-refractivity contribution < 1.29 is 4.74 Å². The molecule has 13 heavy (non-hydrogen) atoms. The lowest BCUT2D eigenvalue weighted by Gasteiger charge is -2.08. The molecule has 0 atom stereocenters. The number of hydrogen-bond acceptors (Lipinski definition) is 3. The lowest BCUT2D eigenvalue weighted by Crippen LogP contribution is -2.01. The molecular weight excluding hydrogens is 164 g/mol. The molecule has 3 nitrogen and oxygen atoms in total. The van der Waals surface area contributed by atoms with Crippen LogP contribution in [0.25, 0.3) is 0 Å². The monoisotopic (exact) mass is 178 g/mol. The van der Waals surface area contributed by atoms with Crippen molar-refractivity contribution in [3.8, 4) is 5.88 Å². The fourth-order valence-corrected chi connectivity index (χ4v) is 1.50. The van der Waals surface area contributed by atoms with Gasteiger partial charge in [-0.15, -0.1) is 0 Å². The van der Waals surface area contributed by atoms with E-state index >= 15 is 0 Å². The normalized spacial score (nSPS) is 15.8. The third-order valence-electron chi connectivity index (χ3n) is 2.32. The smallest absolute Gasteiger partial charge is 0.219 e. The summed E-state index contributed by atoms with van der Waals surface area (Å²) in [5.41, 5.74) is 2.30. The van der Waals surface area contributed by atoms with Crippen LogP contribution in [0.3, 0.4) is 0 Å². The standard InChI is InChI=1S/C10H14N2O/c1-3-13-10-7(2)9(8-4-5-8)11-6-12-10/h6,8H,3-5H2,1-2H3. The summed E-state index contributed by atoms with van der Waals surface area (Å²) < 4.78 is 5.40. The Bertz CT molecular complexity index is 308. The second kappa shape index (κ2) is 3.32.